The van der Waals surface area contributed by atoms with Gasteiger partial charge in [0.2, 0.25) is 0 Å². The first kappa shape index (κ1) is 13.0. The monoisotopic (exact) mass is 328 g/mol. The molecular weight excluding hydrogens is 322 g/mol. The molecule has 0 fully saturated rings. The van der Waals surface area contributed by atoms with Gasteiger partial charge in [0.15, 0.2) is 0 Å². The maximum Gasteiger partial charge on any atom is 0.256 e. The molecule has 0 saturated heterocycles. The van der Waals surface area contributed by atoms with Gasteiger partial charge in [-0.05, 0) is 46.3 Å². The van der Waals surface area contributed by atoms with Gasteiger partial charge in [-0.3, -0.25) is 4.79 Å². The van der Waals surface area contributed by atoms with E-state index in [1.165, 1.54) is 18.3 Å². The van der Waals surface area contributed by atoms with Crippen molar-refractivity contribution in [2.45, 2.75) is 0 Å². The fraction of sp³-hybridized carbons (Fsp3) is 0. The maximum atomic E-state index is 13.3. The molecule has 1 aromatic carbocycles. The van der Waals surface area contributed by atoms with Crippen molar-refractivity contribution >= 4 is 39.3 Å². The van der Waals surface area contributed by atoms with Crippen molar-refractivity contribution in [1.82, 2.24) is 4.98 Å². The van der Waals surface area contributed by atoms with E-state index in [0.29, 0.717) is 15.3 Å². The summed E-state index contributed by atoms with van der Waals surface area (Å²) in [4.78, 5) is 15.7. The molecule has 0 saturated carbocycles. The van der Waals surface area contributed by atoms with E-state index >= 15 is 0 Å². The summed E-state index contributed by atoms with van der Waals surface area (Å²) in [6.45, 7) is 0. The topological polar surface area (TPSA) is 42.0 Å². The molecule has 1 N–H and O–H groups in total. The highest BCUT2D eigenvalue weighted by atomic mass is 79.9. The lowest BCUT2D eigenvalue weighted by atomic mass is 10.2. The molecule has 0 aliphatic rings. The Labute approximate surface area is 116 Å². The number of nitrogens with one attached hydrogen (secondary N) is 1. The average Bonchev–Trinajstić information content (AvgIpc) is 2.35. The van der Waals surface area contributed by atoms with Crippen LogP contribution in [0, 0.1) is 5.82 Å². The fourth-order valence-electron chi connectivity index (χ4n) is 1.28. The molecule has 0 atom stereocenters. The van der Waals surface area contributed by atoms with Crippen LogP contribution in [0.2, 0.25) is 5.02 Å². The Morgan fingerprint density at radius 3 is 2.72 bits per heavy atom. The number of nitrogens with zero attached hydrogens (tertiary/aromatic N) is 1. The van der Waals surface area contributed by atoms with Crippen molar-refractivity contribution in [3.05, 3.63) is 57.4 Å². The van der Waals surface area contributed by atoms with E-state index in [2.05, 4.69) is 26.2 Å². The predicted octanol–water partition coefficient (Wildman–Crippen LogP) is 3.89. The van der Waals surface area contributed by atoms with Gasteiger partial charge in [-0.2, -0.15) is 0 Å². The summed E-state index contributed by atoms with van der Waals surface area (Å²) in [6.07, 6.45) is 1.42. The van der Waals surface area contributed by atoms with Crippen LogP contribution in [0.5, 0.6) is 0 Å². The first-order chi connectivity index (χ1) is 8.56. The summed E-state index contributed by atoms with van der Waals surface area (Å²) < 4.78 is 13.6. The van der Waals surface area contributed by atoms with Crippen molar-refractivity contribution in [3.63, 3.8) is 0 Å². The second kappa shape index (κ2) is 5.46. The zero-order valence-corrected chi connectivity index (χ0v) is 11.3. The van der Waals surface area contributed by atoms with E-state index in [-0.39, 0.29) is 5.56 Å². The summed E-state index contributed by atoms with van der Waals surface area (Å²) in [5.41, 5.74) is 0.215. The van der Waals surface area contributed by atoms with Gasteiger partial charge in [-0.15, -0.1) is 0 Å². The van der Waals surface area contributed by atoms with Gasteiger partial charge in [-0.1, -0.05) is 11.6 Å². The molecule has 1 amide bonds. The Morgan fingerprint density at radius 1 is 1.33 bits per heavy atom. The number of hydrogen-bond donors (Lipinski definition) is 1. The summed E-state index contributed by atoms with van der Waals surface area (Å²) in [7, 11) is 0. The molecule has 6 heteroatoms. The number of rotatable bonds is 2. The lowest BCUT2D eigenvalue weighted by Gasteiger charge is -2.05. The van der Waals surface area contributed by atoms with E-state index < -0.39 is 11.7 Å². The highest BCUT2D eigenvalue weighted by Crippen LogP contribution is 2.17. The highest BCUT2D eigenvalue weighted by Gasteiger charge is 2.09. The second-order valence-corrected chi connectivity index (χ2v) is 4.74. The number of anilines is 1. The Balaban J connectivity index is 2.16. The minimum atomic E-state index is -0.494. The zero-order valence-electron chi connectivity index (χ0n) is 8.95. The third kappa shape index (κ3) is 3.05. The van der Waals surface area contributed by atoms with Crippen molar-refractivity contribution < 1.29 is 9.18 Å². The van der Waals surface area contributed by atoms with Crippen LogP contribution in [0.25, 0.3) is 0 Å². The smallest absolute Gasteiger partial charge is 0.256 e. The summed E-state index contributed by atoms with van der Waals surface area (Å²) >= 11 is 8.69. The number of carbonyl (C=O) groups excluding carboxylic acids is 1. The summed E-state index contributed by atoms with van der Waals surface area (Å²) in [6, 6.07) is 7.30. The first-order valence-corrected chi connectivity index (χ1v) is 6.11. The molecule has 1 aromatic heterocycles. The van der Waals surface area contributed by atoms with Gasteiger partial charge in [0.1, 0.15) is 11.6 Å². The lowest BCUT2D eigenvalue weighted by Crippen LogP contribution is -2.13. The lowest BCUT2D eigenvalue weighted by molar-refractivity contribution is 0.102. The Morgan fingerprint density at radius 2 is 2.11 bits per heavy atom. The standard InChI is InChI=1S/C12H7BrClFN2O/c13-9-3-1-7(5-10(9)15)12(18)17-11-4-2-8(14)6-16-11/h1-6H,(H,16,17,18). The third-order valence-electron chi connectivity index (χ3n) is 2.15. The Kier molecular flexibility index (Phi) is 3.93. The van der Waals surface area contributed by atoms with Crippen molar-refractivity contribution in [2.75, 3.05) is 5.32 Å². The molecule has 0 aliphatic carbocycles. The number of halogens is 3. The van der Waals surface area contributed by atoms with Crippen molar-refractivity contribution in [2.24, 2.45) is 0 Å². The zero-order chi connectivity index (χ0) is 13.1. The molecule has 2 aromatic rings. The third-order valence-corrected chi connectivity index (χ3v) is 3.02. The predicted molar refractivity (Wildman–Crippen MR) is 71.3 cm³/mol. The van der Waals surface area contributed by atoms with Gasteiger partial charge in [0.05, 0.1) is 9.50 Å². The quantitative estimate of drug-likeness (QED) is 0.908. The molecule has 0 spiro atoms. The average molecular weight is 330 g/mol. The van der Waals surface area contributed by atoms with Crippen LogP contribution in [-0.4, -0.2) is 10.9 Å². The second-order valence-electron chi connectivity index (χ2n) is 3.44. The molecule has 18 heavy (non-hydrogen) atoms. The molecule has 0 unspecified atom stereocenters. The summed E-state index contributed by atoms with van der Waals surface area (Å²) in [5, 5.41) is 3.02. The molecule has 1 heterocycles. The number of amides is 1. The highest BCUT2D eigenvalue weighted by molar-refractivity contribution is 9.10. The van der Waals surface area contributed by atoms with Crippen molar-refractivity contribution in [3.8, 4) is 0 Å². The van der Waals surface area contributed by atoms with Crippen LogP contribution < -0.4 is 5.32 Å². The molecule has 3 nitrogen and oxygen atoms in total. The minimum Gasteiger partial charge on any atom is -0.307 e. The number of benzene rings is 1. The number of carbonyl (C=O) groups is 1. The van der Waals surface area contributed by atoms with Crippen LogP contribution in [0.4, 0.5) is 10.2 Å². The normalized spacial score (nSPS) is 10.2. The van der Waals surface area contributed by atoms with Crippen LogP contribution in [0.15, 0.2) is 41.0 Å². The van der Waals surface area contributed by atoms with Gasteiger partial charge < -0.3 is 5.32 Å². The van der Waals surface area contributed by atoms with E-state index in [1.807, 2.05) is 0 Å². The van der Waals surface area contributed by atoms with Crippen LogP contribution in [0.3, 0.4) is 0 Å². The van der Waals surface area contributed by atoms with E-state index in [9.17, 15) is 9.18 Å². The number of aromatic nitrogens is 1. The summed E-state index contributed by atoms with van der Waals surface area (Å²) in [5.74, 6) is -0.573. The minimum absolute atomic E-state index is 0.215. The molecule has 92 valence electrons. The van der Waals surface area contributed by atoms with E-state index in [4.69, 9.17) is 11.6 Å². The Hall–Kier alpha value is -1.46. The van der Waals surface area contributed by atoms with Crippen LogP contribution in [-0.2, 0) is 0 Å². The van der Waals surface area contributed by atoms with Gasteiger partial charge in [-0.25, -0.2) is 9.37 Å². The van der Waals surface area contributed by atoms with Gasteiger partial charge in [0.25, 0.3) is 5.91 Å². The number of hydrogen-bond acceptors (Lipinski definition) is 2. The molecule has 0 radical (unpaired) electrons. The van der Waals surface area contributed by atoms with Crippen LogP contribution >= 0.6 is 27.5 Å². The fourth-order valence-corrected chi connectivity index (χ4v) is 1.63. The van der Waals surface area contributed by atoms with Gasteiger partial charge >= 0.3 is 0 Å². The number of pyridine rings is 1. The molecule has 2 rings (SSSR count). The largest absolute Gasteiger partial charge is 0.307 e. The molecule has 0 bridgehead atoms. The van der Waals surface area contributed by atoms with E-state index in [0.717, 1.165) is 6.07 Å². The Bertz CT molecular complexity index is 589. The van der Waals surface area contributed by atoms with Crippen molar-refractivity contribution in [1.29, 1.82) is 0 Å². The van der Waals surface area contributed by atoms with Gasteiger partial charge in [0, 0.05) is 11.8 Å². The molecule has 0 aliphatic heterocycles. The van der Waals surface area contributed by atoms with E-state index in [1.54, 1.807) is 12.1 Å². The maximum absolute atomic E-state index is 13.3. The SMILES string of the molecule is O=C(Nc1ccc(Cl)cn1)c1ccc(Br)c(F)c1. The molecular formula is C12H7BrClFN2O. The first-order valence-electron chi connectivity index (χ1n) is 4.94. The van der Waals surface area contributed by atoms with Crippen LogP contribution in [0.1, 0.15) is 10.4 Å².